The minimum Gasteiger partial charge on any atom is -0.507 e. The molecule has 0 aliphatic carbocycles. The van der Waals surface area contributed by atoms with E-state index in [1.165, 1.54) is 6.07 Å². The maximum absolute atomic E-state index is 11.1. The molecule has 0 spiro atoms. The predicted octanol–water partition coefficient (Wildman–Crippen LogP) is 4.43. The molecular weight excluding hydrogens is 268 g/mol. The van der Waals surface area contributed by atoms with Gasteiger partial charge < -0.3 is 10.2 Å². The third kappa shape index (κ3) is 3.08. The van der Waals surface area contributed by atoms with Crippen LogP contribution in [0.3, 0.4) is 0 Å². The lowest BCUT2D eigenvalue weighted by molar-refractivity contribution is 0.0693. The Morgan fingerprint density at radius 2 is 1.62 bits per heavy atom. The molecule has 2 N–H and O–H groups in total. The van der Waals surface area contributed by atoms with Gasteiger partial charge in [0.25, 0.3) is 0 Å². The zero-order chi connectivity index (χ0) is 15.6. The van der Waals surface area contributed by atoms with Crippen molar-refractivity contribution in [2.75, 3.05) is 0 Å². The van der Waals surface area contributed by atoms with Crippen molar-refractivity contribution < 1.29 is 15.0 Å². The Kier molecular flexibility index (Phi) is 4.03. The summed E-state index contributed by atoms with van der Waals surface area (Å²) in [6.45, 7) is 5.50. The maximum atomic E-state index is 11.1. The Labute approximate surface area is 122 Å². The van der Waals surface area contributed by atoms with E-state index in [0.717, 1.165) is 16.8 Å². The Morgan fingerprint density at radius 1 is 1.00 bits per heavy atom. The number of carboxylic acids is 1. The van der Waals surface area contributed by atoms with Crippen molar-refractivity contribution in [1.82, 2.24) is 0 Å². The van der Waals surface area contributed by atoms with E-state index in [1.807, 2.05) is 32.0 Å². The number of carbonyl (C=O) groups is 1. The van der Waals surface area contributed by atoms with Gasteiger partial charge >= 0.3 is 5.97 Å². The summed E-state index contributed by atoms with van der Waals surface area (Å²) in [5, 5.41) is 27.1. The second-order valence-corrected chi connectivity index (χ2v) is 4.90. The minimum atomic E-state index is -1.19. The molecule has 0 radical (unpaired) electrons. The molecule has 0 saturated heterocycles. The topological polar surface area (TPSA) is 82.2 Å². The second-order valence-electron chi connectivity index (χ2n) is 4.90. The molecule has 2 aromatic rings. The van der Waals surface area contributed by atoms with Gasteiger partial charge in [0.2, 0.25) is 0 Å². The van der Waals surface area contributed by atoms with Gasteiger partial charge in [0, 0.05) is 0 Å². The number of hydrogen-bond acceptors (Lipinski definition) is 4. The van der Waals surface area contributed by atoms with Crippen LogP contribution in [0.5, 0.6) is 5.75 Å². The number of carboxylic acid groups (broad SMARTS) is 1. The normalized spacial score (nSPS) is 11.0. The average molecular weight is 284 g/mol. The molecule has 0 unspecified atom stereocenters. The highest BCUT2D eigenvalue weighted by molar-refractivity contribution is 5.92. The summed E-state index contributed by atoms with van der Waals surface area (Å²) in [4.78, 5) is 11.1. The minimum absolute atomic E-state index is 0.176. The molecule has 0 aromatic heterocycles. The molecule has 0 atom stereocenters. The van der Waals surface area contributed by atoms with Crippen LogP contribution < -0.4 is 0 Å². The van der Waals surface area contributed by atoms with Crippen LogP contribution in [0.15, 0.2) is 40.6 Å². The van der Waals surface area contributed by atoms with E-state index in [9.17, 15) is 9.90 Å². The fraction of sp³-hybridized carbons (Fsp3) is 0.188. The fourth-order valence-electron chi connectivity index (χ4n) is 2.05. The first-order valence-corrected chi connectivity index (χ1v) is 6.45. The van der Waals surface area contributed by atoms with Crippen molar-refractivity contribution in [3.05, 3.63) is 52.6 Å². The summed E-state index contributed by atoms with van der Waals surface area (Å²) >= 11 is 0. The van der Waals surface area contributed by atoms with Crippen LogP contribution in [-0.4, -0.2) is 16.2 Å². The SMILES string of the molecule is Cc1cc(N=Nc2c(C)cccc2C)cc(C(=O)O)c1O. The molecule has 0 aliphatic heterocycles. The van der Waals surface area contributed by atoms with E-state index in [4.69, 9.17) is 5.11 Å². The van der Waals surface area contributed by atoms with Gasteiger partial charge in [0.1, 0.15) is 11.3 Å². The highest BCUT2D eigenvalue weighted by Gasteiger charge is 2.13. The Morgan fingerprint density at radius 3 is 2.19 bits per heavy atom. The molecular formula is C16H16N2O3. The summed E-state index contributed by atoms with van der Waals surface area (Å²) in [6, 6.07) is 8.72. The van der Waals surface area contributed by atoms with Crippen LogP contribution in [-0.2, 0) is 0 Å². The molecule has 5 heteroatoms. The van der Waals surface area contributed by atoms with Crippen molar-refractivity contribution in [1.29, 1.82) is 0 Å². The average Bonchev–Trinajstić information content (AvgIpc) is 2.41. The maximum Gasteiger partial charge on any atom is 0.339 e. The molecule has 0 bridgehead atoms. The van der Waals surface area contributed by atoms with E-state index in [-0.39, 0.29) is 11.3 Å². The lowest BCUT2D eigenvalue weighted by atomic mass is 10.1. The second kappa shape index (κ2) is 5.75. The lowest BCUT2D eigenvalue weighted by Gasteiger charge is -2.05. The highest BCUT2D eigenvalue weighted by Crippen LogP contribution is 2.30. The number of azo groups is 1. The largest absolute Gasteiger partial charge is 0.507 e. The number of nitrogens with zero attached hydrogens (tertiary/aromatic N) is 2. The van der Waals surface area contributed by atoms with Crippen molar-refractivity contribution in [2.24, 2.45) is 10.2 Å². The molecule has 21 heavy (non-hydrogen) atoms. The number of benzene rings is 2. The van der Waals surface area contributed by atoms with E-state index in [1.54, 1.807) is 13.0 Å². The lowest BCUT2D eigenvalue weighted by Crippen LogP contribution is -1.97. The summed E-state index contributed by atoms with van der Waals surface area (Å²) in [6.07, 6.45) is 0. The van der Waals surface area contributed by atoms with Crippen molar-refractivity contribution in [3.8, 4) is 5.75 Å². The molecule has 2 rings (SSSR count). The number of aromatic hydroxyl groups is 1. The summed E-state index contributed by atoms with van der Waals surface area (Å²) in [7, 11) is 0. The van der Waals surface area contributed by atoms with Crippen LogP contribution in [0.4, 0.5) is 11.4 Å². The van der Waals surface area contributed by atoms with Gasteiger partial charge in [0.15, 0.2) is 0 Å². The van der Waals surface area contributed by atoms with Gasteiger partial charge in [-0.25, -0.2) is 4.79 Å². The third-order valence-corrected chi connectivity index (χ3v) is 3.22. The van der Waals surface area contributed by atoms with Crippen molar-refractivity contribution >= 4 is 17.3 Å². The van der Waals surface area contributed by atoms with Crippen LogP contribution in [0.2, 0.25) is 0 Å². The zero-order valence-electron chi connectivity index (χ0n) is 12.1. The molecule has 108 valence electrons. The third-order valence-electron chi connectivity index (χ3n) is 3.22. The number of hydrogen-bond donors (Lipinski definition) is 2. The standard InChI is InChI=1S/C16H16N2O3/c1-9-5-4-6-10(2)14(9)18-17-12-7-11(3)15(19)13(8-12)16(20)21/h4-8,19H,1-3H3,(H,20,21). The van der Waals surface area contributed by atoms with E-state index >= 15 is 0 Å². The van der Waals surface area contributed by atoms with Gasteiger partial charge in [-0.15, -0.1) is 0 Å². The molecule has 2 aromatic carbocycles. The fourth-order valence-corrected chi connectivity index (χ4v) is 2.05. The number of rotatable bonds is 3. The zero-order valence-corrected chi connectivity index (χ0v) is 12.1. The Hall–Kier alpha value is -2.69. The predicted molar refractivity (Wildman–Crippen MR) is 79.9 cm³/mol. The first-order valence-electron chi connectivity index (χ1n) is 6.45. The van der Waals surface area contributed by atoms with Crippen molar-refractivity contribution in [3.63, 3.8) is 0 Å². The van der Waals surface area contributed by atoms with Crippen LogP contribution >= 0.6 is 0 Å². The number of phenols is 1. The smallest absolute Gasteiger partial charge is 0.339 e. The van der Waals surface area contributed by atoms with Gasteiger partial charge in [-0.2, -0.15) is 10.2 Å². The Balaban J connectivity index is 2.45. The molecule has 0 heterocycles. The molecule has 5 nitrogen and oxygen atoms in total. The van der Waals surface area contributed by atoms with E-state index in [0.29, 0.717) is 11.3 Å². The molecule has 0 saturated carbocycles. The first-order chi connectivity index (χ1) is 9.90. The number of aromatic carboxylic acids is 1. The van der Waals surface area contributed by atoms with Crippen LogP contribution in [0, 0.1) is 20.8 Å². The molecule has 0 fully saturated rings. The number of aryl methyl sites for hydroxylation is 3. The van der Waals surface area contributed by atoms with Gasteiger partial charge in [-0.1, -0.05) is 18.2 Å². The first kappa shape index (κ1) is 14.7. The van der Waals surface area contributed by atoms with Crippen molar-refractivity contribution in [2.45, 2.75) is 20.8 Å². The van der Waals surface area contributed by atoms with E-state index in [2.05, 4.69) is 10.2 Å². The Bertz CT molecular complexity index is 716. The van der Waals surface area contributed by atoms with Crippen LogP contribution in [0.25, 0.3) is 0 Å². The quantitative estimate of drug-likeness (QED) is 0.818. The van der Waals surface area contributed by atoms with Gasteiger partial charge in [-0.3, -0.25) is 0 Å². The summed E-state index contributed by atoms with van der Waals surface area (Å²) in [5.41, 5.74) is 3.42. The molecule has 0 amide bonds. The van der Waals surface area contributed by atoms with E-state index < -0.39 is 5.97 Å². The van der Waals surface area contributed by atoms with Crippen LogP contribution in [0.1, 0.15) is 27.0 Å². The molecule has 0 aliphatic rings. The summed E-state index contributed by atoms with van der Waals surface area (Å²) in [5.74, 6) is -1.44. The van der Waals surface area contributed by atoms with Gasteiger partial charge in [-0.05, 0) is 49.6 Å². The summed E-state index contributed by atoms with van der Waals surface area (Å²) < 4.78 is 0. The highest BCUT2D eigenvalue weighted by atomic mass is 16.4. The van der Waals surface area contributed by atoms with Gasteiger partial charge in [0.05, 0.1) is 11.4 Å². The monoisotopic (exact) mass is 284 g/mol.